The lowest BCUT2D eigenvalue weighted by Crippen LogP contribution is -2.58. The number of aromatic nitrogens is 3. The molecule has 1 atom stereocenters. The zero-order valence-corrected chi connectivity index (χ0v) is 19.3. The van der Waals surface area contributed by atoms with Crippen LogP contribution in [-0.2, 0) is 4.79 Å². The lowest BCUT2D eigenvalue weighted by molar-refractivity contribution is -0.764. The normalized spacial score (nSPS) is 14.8. The Kier molecular flexibility index (Phi) is 6.36. The van der Waals surface area contributed by atoms with Crippen LogP contribution in [0.5, 0.6) is 5.88 Å². The number of anilines is 1. The van der Waals surface area contributed by atoms with Gasteiger partial charge in [0.15, 0.2) is 0 Å². The third-order valence-corrected chi connectivity index (χ3v) is 6.51. The molecule has 1 aromatic heterocycles. The van der Waals surface area contributed by atoms with E-state index in [4.69, 9.17) is 23.2 Å². The summed E-state index contributed by atoms with van der Waals surface area (Å²) in [4.78, 5) is 18.6. The number of unbranched alkanes of at least 4 members (excludes halogenated alkanes) is 1. The minimum absolute atomic E-state index is 0.201. The summed E-state index contributed by atoms with van der Waals surface area (Å²) >= 11 is 14.1. The number of carbonyl (C=O) groups is 1. The van der Waals surface area contributed by atoms with Crippen molar-refractivity contribution in [2.75, 3.05) is 10.7 Å². The van der Waals surface area contributed by atoms with E-state index in [0.29, 0.717) is 37.7 Å². The van der Waals surface area contributed by atoms with Gasteiger partial charge in [-0.2, -0.15) is 0 Å². The van der Waals surface area contributed by atoms with Crippen molar-refractivity contribution in [1.82, 2.24) is 10.1 Å². The number of hydrogen-bond acceptors (Lipinski definition) is 5. The SMILES string of the molecule is CCCCSc1nc([O-])c2[n+](n1)C(c1ccc(Cl)cc1Cl)N(C(C)=O)c1ccccc1-2. The van der Waals surface area contributed by atoms with Crippen LogP contribution in [0.3, 0.4) is 0 Å². The number of amides is 1. The molecule has 0 saturated heterocycles. The fourth-order valence-electron chi connectivity index (χ4n) is 3.64. The Morgan fingerprint density at radius 2 is 2.03 bits per heavy atom. The predicted molar refractivity (Wildman–Crippen MR) is 121 cm³/mol. The van der Waals surface area contributed by atoms with Crippen LogP contribution in [-0.4, -0.2) is 21.7 Å². The minimum Gasteiger partial charge on any atom is -0.854 e. The van der Waals surface area contributed by atoms with Gasteiger partial charge in [-0.1, -0.05) is 65.1 Å². The molecule has 4 rings (SSSR count). The summed E-state index contributed by atoms with van der Waals surface area (Å²) in [6, 6.07) is 12.3. The Labute approximate surface area is 194 Å². The topological polar surface area (TPSA) is 73.0 Å². The summed E-state index contributed by atoms with van der Waals surface area (Å²) in [5, 5.41) is 19.0. The first-order chi connectivity index (χ1) is 14.9. The Bertz CT molecular complexity index is 1160. The average Bonchev–Trinajstić information content (AvgIpc) is 2.73. The molecule has 3 aromatic rings. The number of fused-ring (bicyclic) bond motifs is 3. The third kappa shape index (κ3) is 4.10. The highest BCUT2D eigenvalue weighted by molar-refractivity contribution is 7.99. The predicted octanol–water partition coefficient (Wildman–Crippen LogP) is 4.62. The summed E-state index contributed by atoms with van der Waals surface area (Å²) in [5.74, 6) is 0.210. The van der Waals surface area contributed by atoms with Gasteiger partial charge in [-0.3, -0.25) is 4.79 Å². The maximum atomic E-state index is 13.1. The molecule has 0 spiro atoms. The molecule has 1 unspecified atom stereocenters. The quantitative estimate of drug-likeness (QED) is 0.306. The van der Waals surface area contributed by atoms with E-state index in [1.165, 1.54) is 18.7 Å². The van der Waals surface area contributed by atoms with Crippen molar-refractivity contribution in [2.45, 2.75) is 38.0 Å². The first kappa shape index (κ1) is 21.9. The molecule has 1 aliphatic rings. The van der Waals surface area contributed by atoms with Crippen LogP contribution in [0.15, 0.2) is 47.6 Å². The van der Waals surface area contributed by atoms with Gasteiger partial charge in [-0.25, -0.2) is 9.88 Å². The molecule has 0 bridgehead atoms. The zero-order valence-electron chi connectivity index (χ0n) is 17.0. The molecule has 2 heterocycles. The fraction of sp³-hybridized carbons (Fsp3) is 0.273. The highest BCUT2D eigenvalue weighted by Crippen LogP contribution is 2.42. The van der Waals surface area contributed by atoms with E-state index in [2.05, 4.69) is 17.0 Å². The third-order valence-electron chi connectivity index (χ3n) is 5.03. The van der Waals surface area contributed by atoms with Gasteiger partial charge in [0, 0.05) is 22.8 Å². The summed E-state index contributed by atoms with van der Waals surface area (Å²) < 4.78 is 1.57. The van der Waals surface area contributed by atoms with Crippen molar-refractivity contribution in [3.8, 4) is 17.1 Å². The van der Waals surface area contributed by atoms with Gasteiger partial charge in [0.05, 0.1) is 27.7 Å². The number of thioether (sulfide) groups is 1. The monoisotopic (exact) mass is 474 g/mol. The highest BCUT2D eigenvalue weighted by Gasteiger charge is 2.44. The maximum absolute atomic E-state index is 13.1. The molecule has 2 aromatic carbocycles. The highest BCUT2D eigenvalue weighted by atomic mass is 35.5. The maximum Gasteiger partial charge on any atom is 0.294 e. The van der Waals surface area contributed by atoms with Gasteiger partial charge in [0.2, 0.25) is 5.91 Å². The molecule has 0 fully saturated rings. The standard InChI is InChI=1S/C22H20Cl2N4O2S/c1-3-4-11-31-22-25-20(30)19-16-7-5-6-8-18(16)27(13(2)29)21(28(19)26-22)15-10-9-14(23)12-17(15)24/h5-10,12,21H,3-4,11H2,1-2H3. The van der Waals surface area contributed by atoms with E-state index >= 15 is 0 Å². The van der Waals surface area contributed by atoms with E-state index in [9.17, 15) is 9.90 Å². The second-order valence-electron chi connectivity index (χ2n) is 7.14. The number of benzene rings is 2. The van der Waals surface area contributed by atoms with Gasteiger partial charge in [0.25, 0.3) is 17.0 Å². The fourth-order valence-corrected chi connectivity index (χ4v) is 5.05. The lowest BCUT2D eigenvalue weighted by Gasteiger charge is -2.33. The van der Waals surface area contributed by atoms with Gasteiger partial charge in [-0.15, -0.1) is 0 Å². The first-order valence-corrected chi connectivity index (χ1v) is 11.6. The van der Waals surface area contributed by atoms with Gasteiger partial charge < -0.3 is 5.11 Å². The molecule has 9 heteroatoms. The largest absolute Gasteiger partial charge is 0.854 e. The van der Waals surface area contributed by atoms with Crippen LogP contribution < -0.4 is 14.7 Å². The van der Waals surface area contributed by atoms with Crippen LogP contribution >= 0.6 is 35.0 Å². The molecular weight excluding hydrogens is 455 g/mol. The van der Waals surface area contributed by atoms with Gasteiger partial charge in [0.1, 0.15) is 0 Å². The number of nitrogens with zero attached hydrogens (tertiary/aromatic N) is 4. The van der Waals surface area contributed by atoms with E-state index < -0.39 is 6.17 Å². The van der Waals surface area contributed by atoms with Crippen LogP contribution in [0.2, 0.25) is 10.0 Å². The van der Waals surface area contributed by atoms with Crippen LogP contribution in [0.4, 0.5) is 5.69 Å². The molecule has 0 N–H and O–H groups in total. The number of carbonyl (C=O) groups excluding carboxylic acids is 1. The van der Waals surface area contributed by atoms with Crippen molar-refractivity contribution >= 4 is 46.6 Å². The summed E-state index contributed by atoms with van der Waals surface area (Å²) in [6.45, 7) is 3.58. The number of rotatable bonds is 5. The van der Waals surface area contributed by atoms with E-state index in [0.717, 1.165) is 18.6 Å². The molecular formula is C22H20Cl2N4O2S. The second kappa shape index (κ2) is 9.02. The Balaban J connectivity index is 1.98. The van der Waals surface area contributed by atoms with E-state index in [-0.39, 0.29) is 11.8 Å². The van der Waals surface area contributed by atoms with Crippen molar-refractivity contribution in [2.24, 2.45) is 0 Å². The molecule has 1 aliphatic heterocycles. The van der Waals surface area contributed by atoms with Gasteiger partial charge in [-0.05, 0) is 36.8 Å². The second-order valence-corrected chi connectivity index (χ2v) is 9.05. The molecule has 160 valence electrons. The van der Waals surface area contributed by atoms with Crippen LogP contribution in [0.25, 0.3) is 11.3 Å². The summed E-state index contributed by atoms with van der Waals surface area (Å²) in [5.41, 5.74) is 2.15. The Morgan fingerprint density at radius 1 is 1.26 bits per heavy atom. The molecule has 31 heavy (non-hydrogen) atoms. The van der Waals surface area contributed by atoms with Crippen molar-refractivity contribution in [3.05, 3.63) is 58.1 Å². The molecule has 0 aliphatic carbocycles. The van der Waals surface area contributed by atoms with Crippen LogP contribution in [0, 0.1) is 0 Å². The summed E-state index contributed by atoms with van der Waals surface area (Å²) in [6.07, 6.45) is 1.27. The molecule has 0 radical (unpaired) electrons. The lowest BCUT2D eigenvalue weighted by atomic mass is 10.0. The van der Waals surface area contributed by atoms with Crippen LogP contribution in [0.1, 0.15) is 38.4 Å². The van der Waals surface area contributed by atoms with Crippen molar-refractivity contribution in [3.63, 3.8) is 0 Å². The summed E-state index contributed by atoms with van der Waals surface area (Å²) in [7, 11) is 0. The molecule has 6 nitrogen and oxygen atoms in total. The minimum atomic E-state index is -0.742. The Morgan fingerprint density at radius 3 is 2.74 bits per heavy atom. The van der Waals surface area contributed by atoms with E-state index in [1.54, 1.807) is 39.9 Å². The van der Waals surface area contributed by atoms with Crippen molar-refractivity contribution < 1.29 is 14.6 Å². The first-order valence-electron chi connectivity index (χ1n) is 9.90. The number of para-hydroxylation sites is 1. The number of hydrogen-bond donors (Lipinski definition) is 0. The zero-order chi connectivity index (χ0) is 22.1. The molecule has 1 amide bonds. The van der Waals surface area contributed by atoms with E-state index in [1.807, 2.05) is 12.1 Å². The smallest absolute Gasteiger partial charge is 0.294 e. The average molecular weight is 475 g/mol. The molecule has 0 saturated carbocycles. The number of halogens is 2. The Hall–Kier alpha value is -2.35. The van der Waals surface area contributed by atoms with Gasteiger partial charge >= 0.3 is 0 Å². The van der Waals surface area contributed by atoms with Crippen molar-refractivity contribution in [1.29, 1.82) is 0 Å².